The molecular formula is C19H25N5O2. The molecule has 2 saturated heterocycles. The van der Waals surface area contributed by atoms with Gasteiger partial charge in [-0.15, -0.1) is 0 Å². The number of likely N-dealkylation sites (tertiary alicyclic amines) is 2. The van der Waals surface area contributed by atoms with Crippen LogP contribution in [0.3, 0.4) is 0 Å². The van der Waals surface area contributed by atoms with Gasteiger partial charge in [-0.25, -0.2) is 0 Å². The van der Waals surface area contributed by atoms with Crippen molar-refractivity contribution in [2.75, 3.05) is 33.3 Å². The first kappa shape index (κ1) is 17.2. The minimum Gasteiger partial charge on any atom is -0.376 e. The zero-order valence-corrected chi connectivity index (χ0v) is 15.1. The lowest BCUT2D eigenvalue weighted by Crippen LogP contribution is -2.72. The van der Waals surface area contributed by atoms with Gasteiger partial charge < -0.3 is 9.64 Å². The molecule has 26 heavy (non-hydrogen) atoms. The summed E-state index contributed by atoms with van der Waals surface area (Å²) in [5.74, 6) is 0.573. The predicted octanol–water partition coefficient (Wildman–Crippen LogP) is 1.56. The van der Waals surface area contributed by atoms with E-state index in [0.717, 1.165) is 44.6 Å². The molecule has 0 radical (unpaired) electrons. The first-order valence-electron chi connectivity index (χ1n) is 9.13. The van der Waals surface area contributed by atoms with E-state index < -0.39 is 0 Å². The average Bonchev–Trinajstić information content (AvgIpc) is 3.16. The van der Waals surface area contributed by atoms with Crippen LogP contribution in [0.5, 0.6) is 0 Å². The number of ether oxygens (including phenoxy) is 1. The van der Waals surface area contributed by atoms with Crippen LogP contribution in [0.2, 0.25) is 0 Å². The van der Waals surface area contributed by atoms with Crippen molar-refractivity contribution in [3.63, 3.8) is 0 Å². The minimum absolute atomic E-state index is 0.0384. The number of carbonyl (C=O) groups is 1. The van der Waals surface area contributed by atoms with Crippen LogP contribution in [0.4, 0.5) is 0 Å². The Bertz CT molecular complexity index is 728. The molecule has 2 aromatic rings. The van der Waals surface area contributed by atoms with E-state index in [1.165, 1.54) is 0 Å². The van der Waals surface area contributed by atoms with E-state index in [-0.39, 0.29) is 11.4 Å². The number of amides is 1. The summed E-state index contributed by atoms with van der Waals surface area (Å²) in [7, 11) is 2.17. The van der Waals surface area contributed by atoms with Crippen molar-refractivity contribution in [3.8, 4) is 0 Å². The number of hydrogen-bond donors (Lipinski definition) is 1. The van der Waals surface area contributed by atoms with Gasteiger partial charge in [0, 0.05) is 38.3 Å². The van der Waals surface area contributed by atoms with Crippen LogP contribution in [0.25, 0.3) is 0 Å². The molecule has 0 saturated carbocycles. The Balaban J connectivity index is 1.29. The number of likely N-dealkylation sites (N-methyl/N-ethyl adjacent to an activating group) is 1. The molecule has 0 bridgehead atoms. The maximum Gasteiger partial charge on any atom is 0.271 e. The van der Waals surface area contributed by atoms with Gasteiger partial charge in [-0.1, -0.05) is 6.07 Å². The highest BCUT2D eigenvalue weighted by atomic mass is 16.5. The summed E-state index contributed by atoms with van der Waals surface area (Å²) in [5, 5.41) is 6.63. The summed E-state index contributed by atoms with van der Waals surface area (Å²) in [5.41, 5.74) is 1.76. The van der Waals surface area contributed by atoms with Crippen molar-refractivity contribution < 1.29 is 9.53 Å². The highest BCUT2D eigenvalue weighted by Gasteiger charge is 2.51. The van der Waals surface area contributed by atoms with Crippen molar-refractivity contribution >= 4 is 5.91 Å². The fraction of sp³-hybridized carbons (Fsp3) is 0.526. The van der Waals surface area contributed by atoms with Crippen molar-refractivity contribution in [2.24, 2.45) is 5.92 Å². The molecule has 2 aliphatic rings. The van der Waals surface area contributed by atoms with Crippen LogP contribution in [0.15, 0.2) is 36.8 Å². The number of aromatic nitrogens is 3. The molecule has 0 aliphatic carbocycles. The molecule has 2 aromatic heterocycles. The lowest BCUT2D eigenvalue weighted by atomic mass is 9.75. The number of nitrogens with one attached hydrogen (secondary N) is 1. The molecule has 2 fully saturated rings. The highest BCUT2D eigenvalue weighted by Crippen LogP contribution is 2.38. The van der Waals surface area contributed by atoms with Crippen molar-refractivity contribution in [1.29, 1.82) is 0 Å². The van der Waals surface area contributed by atoms with Crippen LogP contribution in [-0.4, -0.2) is 69.7 Å². The van der Waals surface area contributed by atoms with E-state index in [1.54, 1.807) is 18.5 Å². The molecule has 1 amide bonds. The van der Waals surface area contributed by atoms with Crippen LogP contribution in [-0.2, 0) is 11.3 Å². The molecule has 0 aromatic carbocycles. The zero-order valence-electron chi connectivity index (χ0n) is 15.1. The van der Waals surface area contributed by atoms with E-state index >= 15 is 0 Å². The largest absolute Gasteiger partial charge is 0.376 e. The van der Waals surface area contributed by atoms with Gasteiger partial charge in [0.05, 0.1) is 12.1 Å². The summed E-state index contributed by atoms with van der Waals surface area (Å²) in [6, 6.07) is 5.70. The molecule has 1 atom stereocenters. The molecule has 4 rings (SSSR count). The quantitative estimate of drug-likeness (QED) is 0.881. The number of nitrogens with zero attached hydrogens (tertiary/aromatic N) is 4. The molecule has 1 spiro atoms. The molecule has 2 aliphatic heterocycles. The van der Waals surface area contributed by atoms with Gasteiger partial charge in [-0.05, 0) is 50.0 Å². The fourth-order valence-corrected chi connectivity index (χ4v) is 4.10. The van der Waals surface area contributed by atoms with Gasteiger partial charge in [0.15, 0.2) is 0 Å². The predicted molar refractivity (Wildman–Crippen MR) is 96.5 cm³/mol. The summed E-state index contributed by atoms with van der Waals surface area (Å²) < 4.78 is 5.94. The second kappa shape index (κ2) is 7.17. The zero-order chi connectivity index (χ0) is 18.0. The molecule has 1 N–H and O–H groups in total. The fourth-order valence-electron chi connectivity index (χ4n) is 4.10. The van der Waals surface area contributed by atoms with E-state index in [1.807, 2.05) is 23.2 Å². The van der Waals surface area contributed by atoms with Crippen LogP contribution in [0, 0.1) is 5.92 Å². The number of carbonyl (C=O) groups excluding carboxylic acids is 1. The maximum atomic E-state index is 12.4. The SMILES string of the molecule is CN1CCC(COCc2cccnc2)CC12CN(C(=O)c1ccn[nH]1)C2. The third-order valence-electron chi connectivity index (χ3n) is 5.68. The van der Waals surface area contributed by atoms with Gasteiger partial charge in [-0.2, -0.15) is 5.10 Å². The standard InChI is InChI=1S/C19H25N5O2/c1-23-8-5-15(11-26-12-16-3-2-6-20-10-16)9-19(23)13-24(14-19)18(25)17-4-7-21-22-17/h2-4,6-7,10,15H,5,8-9,11-14H2,1H3,(H,21,22). The van der Waals surface area contributed by atoms with Crippen molar-refractivity contribution in [2.45, 2.75) is 25.0 Å². The third kappa shape index (κ3) is 3.37. The summed E-state index contributed by atoms with van der Waals surface area (Å²) in [4.78, 5) is 20.9. The Morgan fingerprint density at radius 2 is 2.27 bits per heavy atom. The molecule has 1 unspecified atom stereocenters. The number of hydrogen-bond acceptors (Lipinski definition) is 5. The normalized spacial score (nSPS) is 22.3. The van der Waals surface area contributed by atoms with E-state index in [0.29, 0.717) is 18.2 Å². The summed E-state index contributed by atoms with van der Waals surface area (Å²) >= 11 is 0. The molecule has 7 heteroatoms. The molecule has 7 nitrogen and oxygen atoms in total. The third-order valence-corrected chi connectivity index (χ3v) is 5.68. The van der Waals surface area contributed by atoms with Crippen molar-refractivity contribution in [3.05, 3.63) is 48.0 Å². The monoisotopic (exact) mass is 355 g/mol. The van der Waals surface area contributed by atoms with E-state index in [2.05, 4.69) is 27.1 Å². The number of piperidine rings is 1. The van der Waals surface area contributed by atoms with Gasteiger partial charge in [0.1, 0.15) is 5.69 Å². The van der Waals surface area contributed by atoms with Crippen molar-refractivity contribution in [1.82, 2.24) is 25.0 Å². The smallest absolute Gasteiger partial charge is 0.271 e. The molecule has 4 heterocycles. The summed E-state index contributed by atoms with van der Waals surface area (Å²) in [6.07, 6.45) is 7.45. The Hall–Kier alpha value is -2.25. The Kier molecular flexibility index (Phi) is 4.74. The second-order valence-electron chi connectivity index (χ2n) is 7.51. The van der Waals surface area contributed by atoms with Crippen LogP contribution in [0.1, 0.15) is 28.9 Å². The number of H-pyrrole nitrogens is 1. The number of pyridine rings is 1. The Labute approximate surface area is 153 Å². The van der Waals surface area contributed by atoms with Gasteiger partial charge in [-0.3, -0.25) is 19.8 Å². The Morgan fingerprint density at radius 1 is 1.38 bits per heavy atom. The van der Waals surface area contributed by atoms with Crippen LogP contribution >= 0.6 is 0 Å². The maximum absolute atomic E-state index is 12.4. The first-order valence-corrected chi connectivity index (χ1v) is 9.13. The average molecular weight is 355 g/mol. The Morgan fingerprint density at radius 3 is 3.00 bits per heavy atom. The molecular weight excluding hydrogens is 330 g/mol. The minimum atomic E-state index is 0.0384. The number of rotatable bonds is 5. The van der Waals surface area contributed by atoms with Crippen LogP contribution < -0.4 is 0 Å². The van der Waals surface area contributed by atoms with E-state index in [9.17, 15) is 4.79 Å². The van der Waals surface area contributed by atoms with E-state index in [4.69, 9.17) is 4.74 Å². The van der Waals surface area contributed by atoms with Gasteiger partial charge in [0.2, 0.25) is 0 Å². The highest BCUT2D eigenvalue weighted by molar-refractivity contribution is 5.93. The second-order valence-corrected chi connectivity index (χ2v) is 7.51. The first-order chi connectivity index (χ1) is 12.7. The van der Waals surface area contributed by atoms with Gasteiger partial charge in [0.25, 0.3) is 5.91 Å². The lowest BCUT2D eigenvalue weighted by Gasteiger charge is -2.58. The topological polar surface area (TPSA) is 74.3 Å². The van der Waals surface area contributed by atoms with Gasteiger partial charge >= 0.3 is 0 Å². The lowest BCUT2D eigenvalue weighted by molar-refractivity contribution is -0.0769. The molecule has 138 valence electrons. The summed E-state index contributed by atoms with van der Waals surface area (Å²) in [6.45, 7) is 3.98. The number of aromatic amines is 1.